The number of hydrogen-bond donors (Lipinski definition) is 0. The molecular weight excluding hydrogens is 208 g/mol. The van der Waals surface area contributed by atoms with Crippen molar-refractivity contribution in [1.82, 2.24) is 0 Å². The first kappa shape index (κ1) is 13.0. The SMILES string of the molecule is CCOC(=O)C(C)=C(Cl)C(=O)OCC. The van der Waals surface area contributed by atoms with E-state index in [1.165, 1.54) is 6.92 Å². The molecule has 0 unspecified atom stereocenters. The van der Waals surface area contributed by atoms with Crippen LogP contribution in [0, 0.1) is 0 Å². The molecule has 14 heavy (non-hydrogen) atoms. The zero-order chi connectivity index (χ0) is 11.1. The Balaban J connectivity index is 4.57. The van der Waals surface area contributed by atoms with Crippen LogP contribution >= 0.6 is 11.6 Å². The number of ether oxygens (including phenoxy) is 2. The molecule has 0 aliphatic heterocycles. The summed E-state index contributed by atoms with van der Waals surface area (Å²) in [5, 5.41) is -0.231. The smallest absolute Gasteiger partial charge is 0.350 e. The highest BCUT2D eigenvalue weighted by Gasteiger charge is 2.17. The van der Waals surface area contributed by atoms with Gasteiger partial charge < -0.3 is 9.47 Å². The summed E-state index contributed by atoms with van der Waals surface area (Å²) in [7, 11) is 0. The van der Waals surface area contributed by atoms with Crippen molar-refractivity contribution in [1.29, 1.82) is 0 Å². The van der Waals surface area contributed by atoms with Gasteiger partial charge in [0.05, 0.1) is 18.8 Å². The van der Waals surface area contributed by atoms with E-state index >= 15 is 0 Å². The van der Waals surface area contributed by atoms with E-state index in [1.807, 2.05) is 0 Å². The Bertz CT molecular complexity index is 232. The highest BCUT2D eigenvalue weighted by molar-refractivity contribution is 6.43. The first-order chi connectivity index (χ1) is 6.54. The van der Waals surface area contributed by atoms with Gasteiger partial charge in [0.2, 0.25) is 0 Å². The van der Waals surface area contributed by atoms with Crippen molar-refractivity contribution in [3.05, 3.63) is 10.6 Å². The van der Waals surface area contributed by atoms with Crippen LogP contribution in [-0.2, 0) is 19.1 Å². The van der Waals surface area contributed by atoms with E-state index in [2.05, 4.69) is 9.47 Å². The summed E-state index contributed by atoms with van der Waals surface area (Å²) in [5.74, 6) is -1.31. The molecule has 4 nitrogen and oxygen atoms in total. The second-order valence-electron chi connectivity index (χ2n) is 2.38. The van der Waals surface area contributed by atoms with Crippen molar-refractivity contribution < 1.29 is 19.1 Å². The quantitative estimate of drug-likeness (QED) is 0.534. The molecule has 0 radical (unpaired) electrons. The van der Waals surface area contributed by atoms with E-state index in [1.54, 1.807) is 13.8 Å². The molecule has 0 aliphatic rings. The van der Waals surface area contributed by atoms with Gasteiger partial charge in [-0.05, 0) is 20.8 Å². The van der Waals surface area contributed by atoms with Gasteiger partial charge in [-0.15, -0.1) is 0 Å². The Morgan fingerprint density at radius 2 is 1.50 bits per heavy atom. The van der Waals surface area contributed by atoms with Crippen LogP contribution in [0.4, 0.5) is 0 Å². The van der Waals surface area contributed by atoms with Crippen molar-refractivity contribution >= 4 is 23.5 Å². The molecule has 0 N–H and O–H groups in total. The Morgan fingerprint density at radius 1 is 1.07 bits per heavy atom. The molecule has 0 aromatic heterocycles. The molecule has 0 fully saturated rings. The summed E-state index contributed by atoms with van der Waals surface area (Å²) in [6, 6.07) is 0. The van der Waals surface area contributed by atoms with Gasteiger partial charge >= 0.3 is 11.9 Å². The zero-order valence-electron chi connectivity index (χ0n) is 8.43. The second-order valence-corrected chi connectivity index (χ2v) is 2.76. The van der Waals surface area contributed by atoms with Gasteiger partial charge in [0.1, 0.15) is 5.03 Å². The third-order valence-corrected chi connectivity index (χ3v) is 1.80. The van der Waals surface area contributed by atoms with Crippen molar-refractivity contribution in [3.8, 4) is 0 Å². The number of hydrogen-bond acceptors (Lipinski definition) is 4. The lowest BCUT2D eigenvalue weighted by Gasteiger charge is -2.04. The minimum atomic E-state index is -0.709. The summed E-state index contributed by atoms with van der Waals surface area (Å²) in [5.41, 5.74) is 0.0620. The van der Waals surface area contributed by atoms with Gasteiger partial charge in [0, 0.05) is 0 Å². The summed E-state index contributed by atoms with van der Waals surface area (Å²) in [6.07, 6.45) is 0. The largest absolute Gasteiger partial charge is 0.463 e. The van der Waals surface area contributed by atoms with E-state index in [0.29, 0.717) is 0 Å². The maximum absolute atomic E-state index is 11.1. The molecule has 0 heterocycles. The van der Waals surface area contributed by atoms with Crippen LogP contribution in [-0.4, -0.2) is 25.2 Å². The highest BCUT2D eigenvalue weighted by Crippen LogP contribution is 2.12. The average molecular weight is 221 g/mol. The molecule has 0 spiro atoms. The lowest BCUT2D eigenvalue weighted by Crippen LogP contribution is -2.12. The van der Waals surface area contributed by atoms with Gasteiger partial charge in [-0.3, -0.25) is 0 Å². The first-order valence-corrected chi connectivity index (χ1v) is 4.63. The van der Waals surface area contributed by atoms with E-state index in [9.17, 15) is 9.59 Å². The van der Waals surface area contributed by atoms with Crippen molar-refractivity contribution in [2.75, 3.05) is 13.2 Å². The van der Waals surface area contributed by atoms with Crippen LogP contribution in [0.15, 0.2) is 10.6 Å². The Kier molecular flexibility index (Phi) is 5.95. The molecule has 0 aromatic carbocycles. The third-order valence-electron chi connectivity index (χ3n) is 1.37. The Morgan fingerprint density at radius 3 is 1.93 bits per heavy atom. The van der Waals surface area contributed by atoms with E-state index in [4.69, 9.17) is 11.6 Å². The van der Waals surface area contributed by atoms with Crippen LogP contribution in [0.3, 0.4) is 0 Å². The monoisotopic (exact) mass is 220 g/mol. The fraction of sp³-hybridized carbons (Fsp3) is 0.556. The predicted octanol–water partition coefficient (Wildman–Crippen LogP) is 1.63. The lowest BCUT2D eigenvalue weighted by atomic mass is 10.3. The van der Waals surface area contributed by atoms with Crippen LogP contribution in [0.1, 0.15) is 20.8 Å². The fourth-order valence-electron chi connectivity index (χ4n) is 0.677. The number of esters is 2. The fourth-order valence-corrected chi connectivity index (χ4v) is 0.808. The van der Waals surface area contributed by atoms with E-state index < -0.39 is 11.9 Å². The van der Waals surface area contributed by atoms with Gasteiger partial charge in [0.25, 0.3) is 0 Å². The standard InChI is InChI=1S/C9H13ClO4/c1-4-13-8(11)6(3)7(10)9(12)14-5-2/h4-5H2,1-3H3. The van der Waals surface area contributed by atoms with Crippen molar-refractivity contribution in [3.63, 3.8) is 0 Å². The molecule has 0 aromatic rings. The number of halogens is 1. The zero-order valence-corrected chi connectivity index (χ0v) is 9.18. The summed E-state index contributed by atoms with van der Waals surface area (Å²) >= 11 is 5.60. The molecule has 5 heteroatoms. The maximum Gasteiger partial charge on any atom is 0.350 e. The Labute approximate surface area is 87.8 Å². The molecule has 0 amide bonds. The lowest BCUT2D eigenvalue weighted by molar-refractivity contribution is -0.141. The Hall–Kier alpha value is -1.03. The topological polar surface area (TPSA) is 52.6 Å². The summed E-state index contributed by atoms with van der Waals surface area (Å²) < 4.78 is 9.28. The first-order valence-electron chi connectivity index (χ1n) is 4.25. The van der Waals surface area contributed by atoms with Crippen molar-refractivity contribution in [2.24, 2.45) is 0 Å². The number of carbonyl (C=O) groups is 2. The van der Waals surface area contributed by atoms with Crippen LogP contribution < -0.4 is 0 Å². The summed E-state index contributed by atoms with van der Waals surface area (Å²) in [6.45, 7) is 5.19. The minimum absolute atomic E-state index is 0.0620. The third kappa shape index (κ3) is 3.79. The van der Waals surface area contributed by atoms with Crippen LogP contribution in [0.5, 0.6) is 0 Å². The highest BCUT2D eigenvalue weighted by atomic mass is 35.5. The van der Waals surface area contributed by atoms with Gasteiger partial charge in [0.15, 0.2) is 0 Å². The molecule has 0 saturated heterocycles. The van der Waals surface area contributed by atoms with Crippen LogP contribution in [0.25, 0.3) is 0 Å². The molecule has 0 aliphatic carbocycles. The second kappa shape index (κ2) is 6.43. The summed E-state index contributed by atoms with van der Waals surface area (Å²) in [4.78, 5) is 22.2. The molecule has 0 rings (SSSR count). The molecule has 0 bridgehead atoms. The van der Waals surface area contributed by atoms with E-state index in [0.717, 1.165) is 0 Å². The molecule has 0 saturated carbocycles. The van der Waals surface area contributed by atoms with Crippen LogP contribution in [0.2, 0.25) is 0 Å². The molecule has 80 valence electrons. The minimum Gasteiger partial charge on any atom is -0.463 e. The normalized spacial score (nSPS) is 11.7. The van der Waals surface area contributed by atoms with Gasteiger partial charge in [-0.25, -0.2) is 9.59 Å². The van der Waals surface area contributed by atoms with Gasteiger partial charge in [-0.1, -0.05) is 11.6 Å². The average Bonchev–Trinajstić information content (AvgIpc) is 2.16. The number of carbonyl (C=O) groups excluding carboxylic acids is 2. The molecule has 0 atom stereocenters. The predicted molar refractivity (Wildman–Crippen MR) is 51.8 cm³/mol. The molecular formula is C9H13ClO4. The van der Waals surface area contributed by atoms with E-state index in [-0.39, 0.29) is 23.8 Å². The maximum atomic E-state index is 11.1. The van der Waals surface area contributed by atoms with Crippen molar-refractivity contribution in [2.45, 2.75) is 20.8 Å². The van der Waals surface area contributed by atoms with Gasteiger partial charge in [-0.2, -0.15) is 0 Å². The number of rotatable bonds is 4.